The molecule has 3 aromatic rings. The van der Waals surface area contributed by atoms with Gasteiger partial charge < -0.3 is 0 Å². The van der Waals surface area contributed by atoms with Crippen LogP contribution in [0.1, 0.15) is 31.1 Å². The van der Waals surface area contributed by atoms with Crippen molar-refractivity contribution in [2.75, 3.05) is 19.6 Å². The Bertz CT molecular complexity index is 1530. The number of rotatable bonds is 0. The van der Waals surface area contributed by atoms with Crippen molar-refractivity contribution in [2.24, 2.45) is 0 Å². The number of fused-ring (bicyclic) bond motifs is 9. The molecule has 0 spiro atoms. The molecule has 0 radical (unpaired) electrons. The molecule has 4 aliphatic rings. The molecule has 0 atom stereocenters. The average Bonchev–Trinajstić information content (AvgIpc) is 3.50. The van der Waals surface area contributed by atoms with E-state index in [1.807, 2.05) is 0 Å². The summed E-state index contributed by atoms with van der Waals surface area (Å²) in [5.74, 6) is -3.74. The van der Waals surface area contributed by atoms with Gasteiger partial charge in [-0.25, -0.2) is 0 Å². The van der Waals surface area contributed by atoms with Gasteiger partial charge in [-0.3, -0.25) is 0 Å². The normalized spacial score (nSPS) is 20.9. The molecule has 4 aliphatic heterocycles. The van der Waals surface area contributed by atoms with Crippen LogP contribution in [-0.2, 0) is 23.6 Å². The van der Waals surface area contributed by atoms with Gasteiger partial charge >= 0.3 is 264 Å². The Morgan fingerprint density at radius 3 is 0.976 bits per heavy atom. The molecule has 0 bridgehead atoms. The fraction of sp³-hybridized carbons (Fsp3) is 0.111. The molecule has 0 aliphatic carbocycles. The van der Waals surface area contributed by atoms with Crippen LogP contribution in [-0.4, -0.2) is 64.6 Å². The van der Waals surface area contributed by atoms with Crippen LogP contribution in [0, 0.1) is 10.7 Å². The maximum atomic E-state index is 13.4. The van der Waals surface area contributed by atoms with E-state index in [0.29, 0.717) is 27.4 Å². The quantitative estimate of drug-likeness (QED) is 0.245. The zero-order valence-electron chi connectivity index (χ0n) is 21.2. The van der Waals surface area contributed by atoms with Gasteiger partial charge in [0.2, 0.25) is 0 Å². The zero-order valence-corrected chi connectivity index (χ0v) is 27.7. The van der Waals surface area contributed by atoms with Gasteiger partial charge in [0, 0.05) is 0 Å². The molecule has 15 heteroatoms. The monoisotopic (exact) mass is 909 g/mol. The van der Waals surface area contributed by atoms with Crippen LogP contribution in [0.2, 0.25) is 0 Å². The van der Waals surface area contributed by atoms with Crippen molar-refractivity contribution in [1.29, 1.82) is 0 Å². The predicted octanol–water partition coefficient (Wildman–Crippen LogP) is 3.62. The van der Waals surface area contributed by atoms with Crippen LogP contribution in [0.3, 0.4) is 0 Å². The first-order chi connectivity index (χ1) is 20.3. The van der Waals surface area contributed by atoms with Gasteiger partial charge in [0.1, 0.15) is 0 Å². The first-order valence-electron chi connectivity index (χ1n) is 12.3. The van der Waals surface area contributed by atoms with Gasteiger partial charge in [-0.05, 0) is 0 Å². The van der Waals surface area contributed by atoms with Crippen molar-refractivity contribution < 1.29 is 38.0 Å². The Balaban J connectivity index is 1.30. The first kappa shape index (κ1) is 27.5. The van der Waals surface area contributed by atoms with E-state index in [1.54, 1.807) is 72.8 Å². The fourth-order valence-corrected chi connectivity index (χ4v) is 17.7. The van der Waals surface area contributed by atoms with Crippen molar-refractivity contribution in [3.63, 3.8) is 0 Å². The van der Waals surface area contributed by atoms with Crippen molar-refractivity contribution in [1.82, 2.24) is 9.34 Å². The molecule has 7 rings (SSSR count). The average molecular weight is 909 g/mol. The van der Waals surface area contributed by atoms with E-state index in [9.17, 15) is 28.8 Å². The van der Waals surface area contributed by atoms with Gasteiger partial charge in [0.25, 0.3) is 0 Å². The predicted molar refractivity (Wildman–Crippen MR) is 169 cm³/mol. The van der Waals surface area contributed by atoms with E-state index in [4.69, 9.17) is 9.20 Å². The van der Waals surface area contributed by atoms with E-state index < -0.39 is 117 Å². The van der Waals surface area contributed by atoms with Crippen molar-refractivity contribution in [3.05, 3.63) is 100 Å². The van der Waals surface area contributed by atoms with Gasteiger partial charge in [-0.15, -0.1) is 0 Å². The molecule has 3 aromatic carbocycles. The molecule has 0 N–H and O–H groups in total. The Morgan fingerprint density at radius 1 is 0.429 bits per heavy atom. The molecule has 216 valence electrons. The zero-order chi connectivity index (χ0) is 29.1. The summed E-state index contributed by atoms with van der Waals surface area (Å²) in [7, 11) is 0. The number of benzene rings is 3. The number of amides is 3. The third-order valence-electron chi connectivity index (χ3n) is 6.33. The van der Waals surface area contributed by atoms with Crippen molar-refractivity contribution in [3.8, 4) is 0 Å². The Kier molecular flexibility index (Phi) is 7.03. The van der Waals surface area contributed by atoms with E-state index in [-0.39, 0.29) is 0 Å². The van der Waals surface area contributed by atoms with Crippen LogP contribution in [0.4, 0.5) is 0 Å². The first-order valence-corrected chi connectivity index (χ1v) is 21.1. The summed E-state index contributed by atoms with van der Waals surface area (Å²) in [5, 5.41) is 0. The molecule has 1 saturated heterocycles. The van der Waals surface area contributed by atoms with Crippen LogP contribution in [0.5, 0.6) is 0 Å². The van der Waals surface area contributed by atoms with E-state index >= 15 is 0 Å². The summed E-state index contributed by atoms with van der Waals surface area (Å²) < 4.78 is 23.0. The number of hydrogen-bond acceptors (Lipinski definition) is 9. The second-order valence-electron chi connectivity index (χ2n) is 8.96. The summed E-state index contributed by atoms with van der Waals surface area (Å²) in [6.45, 7) is -1.50. The Labute approximate surface area is 262 Å². The van der Waals surface area contributed by atoms with Gasteiger partial charge in [0.15, 0.2) is 0 Å². The van der Waals surface area contributed by atoms with Gasteiger partial charge in [-0.1, -0.05) is 0 Å². The summed E-state index contributed by atoms with van der Waals surface area (Å²) in [6.07, 6.45) is 0. The van der Waals surface area contributed by atoms with Crippen LogP contribution in [0.25, 0.3) is 0 Å². The number of hydrogen-bond donors (Lipinski definition) is 0. The molecular weight excluding hydrogens is 891 g/mol. The molecule has 4 heterocycles. The Morgan fingerprint density at radius 2 is 0.690 bits per heavy atom. The molecule has 0 saturated carbocycles. The second kappa shape index (κ2) is 10.7. The van der Waals surface area contributed by atoms with Crippen molar-refractivity contribution in [2.45, 2.75) is 0 Å². The molecule has 1 fully saturated rings. The third-order valence-corrected chi connectivity index (χ3v) is 20.4. The third kappa shape index (κ3) is 4.51. The second-order valence-corrected chi connectivity index (χ2v) is 21.2. The standard InChI is InChI=1S/C27H18I3N3O9/c34-22-13-31-25(37)16-7-1-4-10-19(16)28(31)40-23(35)14-32-26(38)18-9-3-6-12-21(18)30(32)42-24(36)15-33-27(39)17-8-2-5-11-20(17)29(33)41-22/h1-12H,13-15H2. The molecule has 42 heavy (non-hydrogen) atoms. The van der Waals surface area contributed by atoms with Crippen LogP contribution >= 0.6 is 61.5 Å². The van der Waals surface area contributed by atoms with Crippen molar-refractivity contribution >= 4 is 97.2 Å². The minimum absolute atomic E-state index is 0.332. The summed E-state index contributed by atoms with van der Waals surface area (Å²) in [4.78, 5) is 80.1. The van der Waals surface area contributed by atoms with E-state index in [0.717, 1.165) is 0 Å². The molecule has 12 nitrogen and oxygen atoms in total. The van der Waals surface area contributed by atoms with E-state index in [2.05, 4.69) is 0 Å². The number of carbonyl (C=O) groups excluding carboxylic acids is 6. The van der Waals surface area contributed by atoms with Crippen LogP contribution < -0.4 is 0 Å². The van der Waals surface area contributed by atoms with Gasteiger partial charge in [-0.2, -0.15) is 0 Å². The maximum absolute atomic E-state index is 13.4. The Hall–Kier alpha value is -3.33. The van der Waals surface area contributed by atoms with E-state index in [1.165, 1.54) is 9.34 Å². The summed E-state index contributed by atoms with van der Waals surface area (Å²) >= 11 is -9.84. The molecular formula is C27H18I3N3O9. The number of carbonyl (C=O) groups is 6. The minimum atomic E-state index is -3.28. The summed E-state index contributed by atoms with van der Waals surface area (Å²) in [5.41, 5.74) is 0.995. The molecule has 0 aromatic heterocycles. The van der Waals surface area contributed by atoms with Crippen LogP contribution in [0.15, 0.2) is 72.8 Å². The molecule has 0 unspecified atom stereocenters. The SMILES string of the molecule is O=C1CN2C(=O)c3ccccc3I2OC(=O)CN2C(=O)c3ccccc3I2OC(=O)CN2C(=O)c3ccccc3I2O1. The summed E-state index contributed by atoms with van der Waals surface area (Å²) in [6, 6.07) is 20.1. The fourth-order valence-electron chi connectivity index (χ4n) is 4.54. The van der Waals surface area contributed by atoms with Gasteiger partial charge in [0.05, 0.1) is 0 Å². The number of nitrogens with zero attached hydrogens (tertiary/aromatic N) is 3. The molecule has 3 amide bonds. The topological polar surface area (TPSA) is 140 Å². The number of halogens is 3.